The van der Waals surface area contributed by atoms with Gasteiger partial charge < -0.3 is 0 Å². The molecular formula is C25H45F3. The Hall–Kier alpha value is -0.210. The van der Waals surface area contributed by atoms with Gasteiger partial charge in [0, 0.05) is 6.42 Å². The first-order valence-electron chi connectivity index (χ1n) is 12.5. The predicted molar refractivity (Wildman–Crippen MR) is 113 cm³/mol. The number of alkyl halides is 3. The highest BCUT2D eigenvalue weighted by Gasteiger charge is 2.33. The lowest BCUT2D eigenvalue weighted by Gasteiger charge is -2.38. The molecule has 0 heterocycles. The van der Waals surface area contributed by atoms with Crippen LogP contribution in [0.4, 0.5) is 13.2 Å². The molecule has 0 aromatic carbocycles. The summed E-state index contributed by atoms with van der Waals surface area (Å²) in [6.45, 7) is 2.28. The molecule has 0 unspecified atom stereocenters. The third-order valence-corrected chi connectivity index (χ3v) is 7.75. The second kappa shape index (κ2) is 13.2. The van der Waals surface area contributed by atoms with E-state index in [0.29, 0.717) is 12.3 Å². The molecule has 0 radical (unpaired) electrons. The zero-order valence-corrected chi connectivity index (χ0v) is 18.4. The van der Waals surface area contributed by atoms with Crippen molar-refractivity contribution in [1.82, 2.24) is 0 Å². The standard InChI is InChI=1S/C25H45F3/c1-2-3-4-5-6-7-8-9-10-21-11-15-23(16-12-21)24-17-13-22(14-18-24)19-20-25(26,27)28/h21-24H,2-20H2,1H3. The van der Waals surface area contributed by atoms with Crippen LogP contribution in [0.5, 0.6) is 0 Å². The van der Waals surface area contributed by atoms with Gasteiger partial charge in [-0.25, -0.2) is 0 Å². The van der Waals surface area contributed by atoms with Crippen molar-refractivity contribution in [2.45, 2.75) is 135 Å². The Kier molecular flexibility index (Phi) is 11.3. The summed E-state index contributed by atoms with van der Waals surface area (Å²) in [5, 5.41) is 0. The molecule has 2 rings (SSSR count). The van der Waals surface area contributed by atoms with Gasteiger partial charge in [-0.15, -0.1) is 0 Å². The van der Waals surface area contributed by atoms with Gasteiger partial charge in [0.2, 0.25) is 0 Å². The van der Waals surface area contributed by atoms with Crippen LogP contribution in [0.2, 0.25) is 0 Å². The molecule has 166 valence electrons. The van der Waals surface area contributed by atoms with Gasteiger partial charge in [-0.2, -0.15) is 13.2 Å². The van der Waals surface area contributed by atoms with Crippen LogP contribution in [-0.2, 0) is 0 Å². The molecular weight excluding hydrogens is 357 g/mol. The second-order valence-corrected chi connectivity index (χ2v) is 9.98. The summed E-state index contributed by atoms with van der Waals surface area (Å²) in [5.41, 5.74) is 0. The van der Waals surface area contributed by atoms with Crippen LogP contribution in [0, 0.1) is 23.7 Å². The van der Waals surface area contributed by atoms with Gasteiger partial charge in [0.15, 0.2) is 0 Å². The van der Waals surface area contributed by atoms with Crippen molar-refractivity contribution < 1.29 is 13.2 Å². The molecule has 0 spiro atoms. The van der Waals surface area contributed by atoms with Crippen molar-refractivity contribution in [2.75, 3.05) is 0 Å². The van der Waals surface area contributed by atoms with Gasteiger partial charge in [0.1, 0.15) is 0 Å². The van der Waals surface area contributed by atoms with Crippen molar-refractivity contribution in [3.05, 3.63) is 0 Å². The van der Waals surface area contributed by atoms with E-state index >= 15 is 0 Å². The number of halogens is 3. The molecule has 0 amide bonds. The zero-order valence-electron chi connectivity index (χ0n) is 18.4. The highest BCUT2D eigenvalue weighted by Crippen LogP contribution is 2.43. The lowest BCUT2D eigenvalue weighted by Crippen LogP contribution is -2.26. The van der Waals surface area contributed by atoms with Crippen molar-refractivity contribution >= 4 is 0 Å². The Labute approximate surface area is 172 Å². The summed E-state index contributed by atoms with van der Waals surface area (Å²) in [7, 11) is 0. The average Bonchev–Trinajstić information content (AvgIpc) is 2.69. The van der Waals surface area contributed by atoms with E-state index in [1.165, 1.54) is 96.3 Å². The van der Waals surface area contributed by atoms with Gasteiger partial charge in [-0.1, -0.05) is 90.4 Å². The minimum atomic E-state index is -3.97. The van der Waals surface area contributed by atoms with E-state index in [0.717, 1.165) is 30.6 Å². The van der Waals surface area contributed by atoms with E-state index in [1.807, 2.05) is 0 Å². The van der Waals surface area contributed by atoms with E-state index in [2.05, 4.69) is 6.92 Å². The summed E-state index contributed by atoms with van der Waals surface area (Å²) in [5.74, 6) is 2.97. The van der Waals surface area contributed by atoms with Crippen molar-refractivity contribution in [3.8, 4) is 0 Å². The summed E-state index contributed by atoms with van der Waals surface area (Å²) < 4.78 is 37.2. The van der Waals surface area contributed by atoms with Crippen LogP contribution in [0.15, 0.2) is 0 Å². The first kappa shape index (κ1) is 24.1. The molecule has 2 aliphatic carbocycles. The molecule has 28 heavy (non-hydrogen) atoms. The van der Waals surface area contributed by atoms with E-state index in [4.69, 9.17) is 0 Å². The average molecular weight is 403 g/mol. The number of rotatable bonds is 12. The summed E-state index contributed by atoms with van der Waals surface area (Å²) in [4.78, 5) is 0. The highest BCUT2D eigenvalue weighted by molar-refractivity contribution is 4.82. The Morgan fingerprint density at radius 1 is 0.571 bits per heavy atom. The fourth-order valence-corrected chi connectivity index (χ4v) is 5.83. The van der Waals surface area contributed by atoms with Gasteiger partial charge in [-0.3, -0.25) is 0 Å². The van der Waals surface area contributed by atoms with Crippen LogP contribution in [0.25, 0.3) is 0 Å². The molecule has 0 atom stereocenters. The molecule has 0 bridgehead atoms. The minimum absolute atomic E-state index is 0.330. The molecule has 0 nitrogen and oxygen atoms in total. The summed E-state index contributed by atoms with van der Waals surface area (Å²) in [6, 6.07) is 0. The maximum absolute atomic E-state index is 12.4. The van der Waals surface area contributed by atoms with Crippen LogP contribution in [0.1, 0.15) is 129 Å². The van der Waals surface area contributed by atoms with E-state index < -0.39 is 12.6 Å². The van der Waals surface area contributed by atoms with E-state index in [-0.39, 0.29) is 0 Å². The molecule has 2 saturated carbocycles. The van der Waals surface area contributed by atoms with Crippen molar-refractivity contribution in [2.24, 2.45) is 23.7 Å². The fourth-order valence-electron chi connectivity index (χ4n) is 5.83. The molecule has 2 aliphatic rings. The maximum atomic E-state index is 12.4. The Morgan fingerprint density at radius 2 is 1.00 bits per heavy atom. The molecule has 0 aromatic rings. The Balaban J connectivity index is 1.49. The largest absolute Gasteiger partial charge is 0.389 e. The summed E-state index contributed by atoms with van der Waals surface area (Å²) >= 11 is 0. The van der Waals surface area contributed by atoms with Crippen molar-refractivity contribution in [1.29, 1.82) is 0 Å². The van der Waals surface area contributed by atoms with Crippen molar-refractivity contribution in [3.63, 3.8) is 0 Å². The maximum Gasteiger partial charge on any atom is 0.389 e. The van der Waals surface area contributed by atoms with Gasteiger partial charge >= 0.3 is 6.18 Å². The SMILES string of the molecule is CCCCCCCCCCC1CCC(C2CCC(CCC(F)(F)F)CC2)CC1. The third-order valence-electron chi connectivity index (χ3n) is 7.75. The summed E-state index contributed by atoms with van der Waals surface area (Å²) in [6.07, 6.45) is 18.6. The highest BCUT2D eigenvalue weighted by atomic mass is 19.4. The molecule has 0 saturated heterocycles. The zero-order chi connectivity index (χ0) is 20.2. The quantitative estimate of drug-likeness (QED) is 0.285. The number of hydrogen-bond acceptors (Lipinski definition) is 0. The minimum Gasteiger partial charge on any atom is -0.171 e. The van der Waals surface area contributed by atoms with Crippen LogP contribution in [0.3, 0.4) is 0 Å². The second-order valence-electron chi connectivity index (χ2n) is 9.98. The number of unbranched alkanes of at least 4 members (excludes halogenated alkanes) is 7. The normalized spacial score (nSPS) is 29.1. The lowest BCUT2D eigenvalue weighted by atomic mass is 9.68. The topological polar surface area (TPSA) is 0 Å². The lowest BCUT2D eigenvalue weighted by molar-refractivity contribution is -0.138. The van der Waals surface area contributed by atoms with Gasteiger partial charge in [-0.05, 0) is 55.8 Å². The molecule has 3 heteroatoms. The Morgan fingerprint density at radius 3 is 1.46 bits per heavy atom. The van der Waals surface area contributed by atoms with Crippen LogP contribution < -0.4 is 0 Å². The smallest absolute Gasteiger partial charge is 0.171 e. The molecule has 0 aliphatic heterocycles. The molecule has 0 aromatic heterocycles. The van der Waals surface area contributed by atoms with Gasteiger partial charge in [0.05, 0.1) is 0 Å². The van der Waals surface area contributed by atoms with E-state index in [9.17, 15) is 13.2 Å². The van der Waals surface area contributed by atoms with Crippen LogP contribution >= 0.6 is 0 Å². The Bertz CT molecular complexity index is 374. The predicted octanol–water partition coefficient (Wildman–Crippen LogP) is 9.47. The van der Waals surface area contributed by atoms with E-state index in [1.54, 1.807) is 0 Å². The number of hydrogen-bond donors (Lipinski definition) is 0. The third kappa shape index (κ3) is 10.0. The molecule has 2 fully saturated rings. The first-order valence-corrected chi connectivity index (χ1v) is 12.5. The monoisotopic (exact) mass is 402 g/mol. The van der Waals surface area contributed by atoms with Crippen LogP contribution in [-0.4, -0.2) is 6.18 Å². The van der Waals surface area contributed by atoms with Gasteiger partial charge in [0.25, 0.3) is 0 Å². The fraction of sp³-hybridized carbons (Fsp3) is 1.00. The molecule has 0 N–H and O–H groups in total. The first-order chi connectivity index (χ1) is 13.5.